The Morgan fingerprint density at radius 1 is 1.06 bits per heavy atom. The topological polar surface area (TPSA) is 72.1 Å². The monoisotopic (exact) mass is 471 g/mol. The average Bonchev–Trinajstić information content (AvgIpc) is 3.30. The lowest BCUT2D eigenvalue weighted by atomic mass is 9.57. The quantitative estimate of drug-likeness (QED) is 0.666. The van der Waals surface area contributed by atoms with Crippen LogP contribution in [0.1, 0.15) is 74.1 Å². The normalized spacial score (nSPS) is 25.4. The van der Waals surface area contributed by atoms with Crippen molar-refractivity contribution in [3.8, 4) is 0 Å². The number of rotatable bonds is 5. The van der Waals surface area contributed by atoms with Crippen molar-refractivity contribution in [3.05, 3.63) is 29.6 Å². The molecule has 2 aromatic heterocycles. The minimum atomic E-state index is -2.52. The van der Waals surface area contributed by atoms with Crippen LogP contribution in [0.5, 0.6) is 0 Å². The standard InChI is InChI=1S/C24H31F2N7O/c1-15-4-19(20(25)26)28-32(15)9-16-5-23(6-16)10-30(11-23)22(34)31-12-24(13-31)7-18(8-24)33-14-27-21(29-33)17-2-3-17/h4,14,16-18,20H,2-3,5-13H2,1H3. The molecule has 2 saturated heterocycles. The van der Waals surface area contributed by atoms with Gasteiger partial charge >= 0.3 is 6.03 Å². The highest BCUT2D eigenvalue weighted by Gasteiger charge is 2.58. The summed E-state index contributed by atoms with van der Waals surface area (Å²) in [7, 11) is 0. The Morgan fingerprint density at radius 3 is 2.29 bits per heavy atom. The zero-order valence-electron chi connectivity index (χ0n) is 19.5. The molecule has 7 rings (SSSR count). The van der Waals surface area contributed by atoms with Crippen molar-refractivity contribution < 1.29 is 13.6 Å². The maximum absolute atomic E-state index is 12.9. The van der Waals surface area contributed by atoms with Crippen molar-refractivity contribution in [2.75, 3.05) is 26.2 Å². The SMILES string of the molecule is Cc1cc(C(F)F)nn1CC1CC2(C1)CN(C(=O)N1CC3(CC(n4cnc(C5CC5)n4)C3)C1)C2. The Kier molecular flexibility index (Phi) is 4.29. The number of aromatic nitrogens is 5. The minimum Gasteiger partial charge on any atom is -0.323 e. The molecule has 0 aromatic carbocycles. The van der Waals surface area contributed by atoms with Crippen LogP contribution in [0.3, 0.4) is 0 Å². The summed E-state index contributed by atoms with van der Waals surface area (Å²) in [5, 5.41) is 8.74. The van der Waals surface area contributed by atoms with Gasteiger partial charge in [0.05, 0.1) is 6.04 Å². The van der Waals surface area contributed by atoms with Gasteiger partial charge in [0.1, 0.15) is 12.0 Å². The van der Waals surface area contributed by atoms with Crippen LogP contribution in [0.15, 0.2) is 12.4 Å². The predicted octanol–water partition coefficient (Wildman–Crippen LogP) is 3.77. The van der Waals surface area contributed by atoms with E-state index in [2.05, 4.69) is 19.9 Å². The van der Waals surface area contributed by atoms with Crippen LogP contribution >= 0.6 is 0 Å². The molecule has 0 N–H and O–H groups in total. The van der Waals surface area contributed by atoms with Crippen molar-refractivity contribution in [2.24, 2.45) is 16.7 Å². The number of halogens is 2. The largest absolute Gasteiger partial charge is 0.323 e. The van der Waals surface area contributed by atoms with E-state index in [0.717, 1.165) is 63.4 Å². The Bertz CT molecular complexity index is 1110. The maximum Gasteiger partial charge on any atom is 0.320 e. The molecule has 2 aromatic rings. The molecule has 0 atom stereocenters. The van der Waals surface area contributed by atoms with Crippen molar-refractivity contribution >= 4 is 6.03 Å². The van der Waals surface area contributed by atoms with Gasteiger partial charge in [-0.15, -0.1) is 0 Å². The molecule has 2 aliphatic heterocycles. The van der Waals surface area contributed by atoms with Gasteiger partial charge in [0.2, 0.25) is 0 Å². The van der Waals surface area contributed by atoms with Crippen LogP contribution < -0.4 is 0 Å². The molecule has 2 spiro atoms. The molecule has 3 aliphatic carbocycles. The number of hydrogen-bond donors (Lipinski definition) is 0. The second kappa shape index (κ2) is 7.01. The van der Waals surface area contributed by atoms with Gasteiger partial charge in [-0.3, -0.25) is 4.68 Å². The Morgan fingerprint density at radius 2 is 1.71 bits per heavy atom. The van der Waals surface area contributed by atoms with E-state index in [-0.39, 0.29) is 22.6 Å². The molecule has 182 valence electrons. The Hall–Kier alpha value is -2.52. The van der Waals surface area contributed by atoms with Crippen LogP contribution in [0.2, 0.25) is 0 Å². The number of aryl methyl sites for hydroxylation is 1. The molecule has 5 aliphatic rings. The Labute approximate surface area is 197 Å². The van der Waals surface area contributed by atoms with E-state index in [0.29, 0.717) is 24.4 Å². The van der Waals surface area contributed by atoms with E-state index in [1.165, 1.54) is 18.9 Å². The summed E-state index contributed by atoms with van der Waals surface area (Å²) in [6.07, 6.45) is 6.10. The lowest BCUT2D eigenvalue weighted by molar-refractivity contribution is -0.109. The van der Waals surface area contributed by atoms with Crippen LogP contribution in [-0.4, -0.2) is 66.6 Å². The van der Waals surface area contributed by atoms with E-state index in [1.54, 1.807) is 4.68 Å². The molecule has 8 nitrogen and oxygen atoms in total. The maximum atomic E-state index is 12.9. The average molecular weight is 472 g/mol. The zero-order valence-corrected chi connectivity index (χ0v) is 19.5. The first kappa shape index (κ1) is 20.8. The number of likely N-dealkylation sites (tertiary alicyclic amines) is 2. The summed E-state index contributed by atoms with van der Waals surface area (Å²) in [6.45, 7) is 5.92. The van der Waals surface area contributed by atoms with E-state index >= 15 is 0 Å². The van der Waals surface area contributed by atoms with Gasteiger partial charge in [-0.1, -0.05) is 0 Å². The van der Waals surface area contributed by atoms with Crippen LogP contribution in [0, 0.1) is 23.7 Å². The fraction of sp³-hybridized carbons (Fsp3) is 0.750. The number of hydrogen-bond acceptors (Lipinski definition) is 4. The van der Waals surface area contributed by atoms with Crippen molar-refractivity contribution in [1.82, 2.24) is 34.3 Å². The van der Waals surface area contributed by atoms with Crippen molar-refractivity contribution in [1.29, 1.82) is 0 Å². The number of amides is 2. The molecule has 2 amide bonds. The number of nitrogens with zero attached hydrogens (tertiary/aromatic N) is 7. The third kappa shape index (κ3) is 3.27. The molecule has 0 unspecified atom stereocenters. The smallest absolute Gasteiger partial charge is 0.320 e. The van der Waals surface area contributed by atoms with Gasteiger partial charge < -0.3 is 9.80 Å². The highest BCUT2D eigenvalue weighted by atomic mass is 19.3. The molecular formula is C24H31F2N7O. The van der Waals surface area contributed by atoms with Gasteiger partial charge in [-0.05, 0) is 57.4 Å². The van der Waals surface area contributed by atoms with Gasteiger partial charge in [0.15, 0.2) is 5.82 Å². The molecule has 0 bridgehead atoms. The van der Waals surface area contributed by atoms with Crippen LogP contribution in [-0.2, 0) is 6.54 Å². The van der Waals surface area contributed by atoms with Gasteiger partial charge in [-0.25, -0.2) is 23.2 Å². The third-order valence-electron chi connectivity index (χ3n) is 8.92. The van der Waals surface area contributed by atoms with E-state index in [1.807, 2.05) is 23.1 Å². The second-order valence-corrected chi connectivity index (χ2v) is 11.9. The first-order chi connectivity index (χ1) is 16.3. The number of carbonyl (C=O) groups is 1. The highest BCUT2D eigenvalue weighted by molar-refractivity contribution is 5.77. The second-order valence-electron chi connectivity index (χ2n) is 11.9. The van der Waals surface area contributed by atoms with Crippen LogP contribution in [0.4, 0.5) is 13.6 Å². The van der Waals surface area contributed by atoms with Crippen molar-refractivity contribution in [3.63, 3.8) is 0 Å². The summed E-state index contributed by atoms with van der Waals surface area (Å²) in [6, 6.07) is 2.10. The number of urea groups is 1. The molecule has 3 saturated carbocycles. The van der Waals surface area contributed by atoms with Crippen LogP contribution in [0.25, 0.3) is 0 Å². The summed E-state index contributed by atoms with van der Waals surface area (Å²) >= 11 is 0. The van der Waals surface area contributed by atoms with Gasteiger partial charge in [0, 0.05) is 55.2 Å². The summed E-state index contributed by atoms with van der Waals surface area (Å²) in [4.78, 5) is 21.4. The van der Waals surface area contributed by atoms with Crippen molar-refractivity contribution in [2.45, 2.75) is 70.4 Å². The molecule has 34 heavy (non-hydrogen) atoms. The third-order valence-corrected chi connectivity index (χ3v) is 8.92. The number of carbonyl (C=O) groups excluding carboxylic acids is 1. The summed E-state index contributed by atoms with van der Waals surface area (Å²) in [5.41, 5.74) is 1.18. The van der Waals surface area contributed by atoms with E-state index in [9.17, 15) is 13.6 Å². The molecule has 0 radical (unpaired) electrons. The fourth-order valence-corrected chi connectivity index (χ4v) is 7.00. The lowest BCUT2D eigenvalue weighted by Crippen LogP contribution is -2.71. The van der Waals surface area contributed by atoms with E-state index < -0.39 is 6.43 Å². The van der Waals surface area contributed by atoms with Gasteiger partial charge in [0.25, 0.3) is 6.43 Å². The zero-order chi connectivity index (χ0) is 23.2. The lowest BCUT2D eigenvalue weighted by Gasteiger charge is -2.63. The van der Waals surface area contributed by atoms with E-state index in [4.69, 9.17) is 0 Å². The first-order valence-corrected chi connectivity index (χ1v) is 12.6. The molecular weight excluding hydrogens is 440 g/mol. The fourth-order valence-electron chi connectivity index (χ4n) is 7.00. The summed E-state index contributed by atoms with van der Waals surface area (Å²) in [5.74, 6) is 2.05. The number of alkyl halides is 2. The van der Waals surface area contributed by atoms with Gasteiger partial charge in [-0.2, -0.15) is 10.2 Å². The predicted molar refractivity (Wildman–Crippen MR) is 118 cm³/mol. The highest BCUT2D eigenvalue weighted by Crippen LogP contribution is 2.56. The molecule has 10 heteroatoms. The first-order valence-electron chi connectivity index (χ1n) is 12.6. The minimum absolute atomic E-state index is 0.138. The Balaban J connectivity index is 0.852. The summed E-state index contributed by atoms with van der Waals surface area (Å²) < 4.78 is 29.5. The molecule has 5 fully saturated rings. The molecule has 4 heterocycles.